The van der Waals surface area contributed by atoms with Crippen LogP contribution in [0.2, 0.25) is 0 Å². The number of amides is 2. The van der Waals surface area contributed by atoms with Gasteiger partial charge in [-0.15, -0.1) is 11.8 Å². The molecule has 0 aliphatic carbocycles. The summed E-state index contributed by atoms with van der Waals surface area (Å²) in [6, 6.07) is 24.1. The Bertz CT molecular complexity index is 1250. The zero-order valence-electron chi connectivity index (χ0n) is 19.6. The largest absolute Gasteiger partial charge is 0.339 e. The van der Waals surface area contributed by atoms with Crippen molar-refractivity contribution in [2.45, 2.75) is 31.7 Å². The highest BCUT2D eigenvalue weighted by atomic mass is 32.2. The molecule has 4 aromatic rings. The maximum atomic E-state index is 13.1. The van der Waals surface area contributed by atoms with Crippen LogP contribution in [0.25, 0.3) is 22.5 Å². The van der Waals surface area contributed by atoms with E-state index in [-0.39, 0.29) is 6.03 Å². The van der Waals surface area contributed by atoms with Gasteiger partial charge in [0.1, 0.15) is 0 Å². The van der Waals surface area contributed by atoms with Crippen molar-refractivity contribution < 1.29 is 9.32 Å². The van der Waals surface area contributed by atoms with Gasteiger partial charge in [-0.1, -0.05) is 60.6 Å². The summed E-state index contributed by atoms with van der Waals surface area (Å²) in [5.74, 6) is 1.07. The molecule has 1 aromatic heterocycles. The van der Waals surface area contributed by atoms with Crippen molar-refractivity contribution in [2.24, 2.45) is 0 Å². The minimum absolute atomic E-state index is 0.125. The van der Waals surface area contributed by atoms with Gasteiger partial charge in [-0.2, -0.15) is 4.98 Å². The maximum absolute atomic E-state index is 13.1. The van der Waals surface area contributed by atoms with Crippen LogP contribution in [0, 0.1) is 6.92 Å². The molecule has 0 saturated heterocycles. The van der Waals surface area contributed by atoms with E-state index in [9.17, 15) is 4.79 Å². The highest BCUT2D eigenvalue weighted by Crippen LogP contribution is 2.30. The van der Waals surface area contributed by atoms with Crippen molar-refractivity contribution in [3.8, 4) is 22.5 Å². The van der Waals surface area contributed by atoms with E-state index >= 15 is 0 Å². The predicted octanol–water partition coefficient (Wildman–Crippen LogP) is 6.88. The number of nitrogens with zero attached hydrogens (tertiary/aromatic N) is 3. The Kier molecular flexibility index (Phi) is 7.65. The molecule has 0 radical (unpaired) electrons. The number of aromatic nitrogens is 2. The van der Waals surface area contributed by atoms with E-state index in [2.05, 4.69) is 40.8 Å². The number of hydrogen-bond donors (Lipinski definition) is 1. The fourth-order valence-corrected chi connectivity index (χ4v) is 4.41. The van der Waals surface area contributed by atoms with Crippen LogP contribution in [0.5, 0.6) is 0 Å². The number of benzene rings is 3. The van der Waals surface area contributed by atoms with E-state index in [1.54, 1.807) is 18.7 Å². The molecule has 7 heteroatoms. The molecule has 1 N–H and O–H groups in total. The van der Waals surface area contributed by atoms with E-state index in [0.717, 1.165) is 28.8 Å². The molecule has 1 heterocycles. The lowest BCUT2D eigenvalue weighted by atomic mass is 10.1. The van der Waals surface area contributed by atoms with Crippen molar-refractivity contribution >= 4 is 23.5 Å². The standard InChI is InChI=1S/C27H28N4O2S/c1-4-16-31(18-20-8-7-9-22(17-20)26-28-19(2)33-30-26)27(32)29-23-14-12-21(13-15-23)24-10-5-6-11-25(24)34-3/h5-15,17H,4,16,18H2,1-3H3,(H,29,32). The molecular formula is C27H28N4O2S. The van der Waals surface area contributed by atoms with Gasteiger partial charge in [-0.3, -0.25) is 0 Å². The van der Waals surface area contributed by atoms with Gasteiger partial charge >= 0.3 is 6.03 Å². The first-order valence-electron chi connectivity index (χ1n) is 11.3. The topological polar surface area (TPSA) is 71.3 Å². The van der Waals surface area contributed by atoms with Gasteiger partial charge in [0.2, 0.25) is 11.7 Å². The van der Waals surface area contributed by atoms with Gasteiger partial charge in [0.25, 0.3) is 0 Å². The normalized spacial score (nSPS) is 10.8. The molecule has 0 spiro atoms. The molecule has 0 unspecified atom stereocenters. The first-order valence-corrected chi connectivity index (χ1v) is 12.5. The lowest BCUT2D eigenvalue weighted by Gasteiger charge is -2.23. The number of hydrogen-bond acceptors (Lipinski definition) is 5. The lowest BCUT2D eigenvalue weighted by Crippen LogP contribution is -2.35. The summed E-state index contributed by atoms with van der Waals surface area (Å²) in [4.78, 5) is 20.4. The van der Waals surface area contributed by atoms with E-state index in [4.69, 9.17) is 4.52 Å². The van der Waals surface area contributed by atoms with E-state index < -0.39 is 0 Å². The Morgan fingerprint density at radius 3 is 2.53 bits per heavy atom. The molecule has 4 rings (SSSR count). The van der Waals surface area contributed by atoms with Crippen LogP contribution in [-0.4, -0.2) is 33.9 Å². The van der Waals surface area contributed by atoms with Crippen molar-refractivity contribution in [1.82, 2.24) is 15.0 Å². The molecule has 0 aliphatic rings. The molecule has 0 fully saturated rings. The third-order valence-electron chi connectivity index (χ3n) is 5.42. The van der Waals surface area contributed by atoms with Crippen LogP contribution in [0.3, 0.4) is 0 Å². The summed E-state index contributed by atoms with van der Waals surface area (Å²) in [5, 5.41) is 7.04. The van der Waals surface area contributed by atoms with Crippen LogP contribution in [0.4, 0.5) is 10.5 Å². The van der Waals surface area contributed by atoms with Crippen molar-refractivity contribution in [3.63, 3.8) is 0 Å². The monoisotopic (exact) mass is 472 g/mol. The second kappa shape index (κ2) is 11.0. The number of thioether (sulfide) groups is 1. The minimum atomic E-state index is -0.125. The first-order chi connectivity index (χ1) is 16.6. The van der Waals surface area contributed by atoms with Gasteiger partial charge in [-0.05, 0) is 53.6 Å². The molecule has 0 saturated carbocycles. The number of nitrogens with one attached hydrogen (secondary N) is 1. The predicted molar refractivity (Wildman–Crippen MR) is 138 cm³/mol. The molecule has 3 aromatic carbocycles. The number of aryl methyl sites for hydroxylation is 1. The SMILES string of the molecule is CCCN(Cc1cccc(-c2noc(C)n2)c1)C(=O)Nc1ccc(-c2ccccc2SC)cc1. The van der Waals surface area contributed by atoms with Crippen LogP contribution < -0.4 is 5.32 Å². The minimum Gasteiger partial charge on any atom is -0.339 e. The molecule has 34 heavy (non-hydrogen) atoms. The molecule has 6 nitrogen and oxygen atoms in total. The summed E-state index contributed by atoms with van der Waals surface area (Å²) >= 11 is 1.73. The zero-order valence-corrected chi connectivity index (χ0v) is 20.4. The third-order valence-corrected chi connectivity index (χ3v) is 6.22. The van der Waals surface area contributed by atoms with Crippen molar-refractivity contribution in [1.29, 1.82) is 0 Å². The van der Waals surface area contributed by atoms with Crippen LogP contribution in [0.1, 0.15) is 24.8 Å². The van der Waals surface area contributed by atoms with E-state index in [0.29, 0.717) is 24.8 Å². The number of carbonyl (C=O) groups is 1. The first kappa shape index (κ1) is 23.6. The van der Waals surface area contributed by atoms with Gasteiger partial charge < -0.3 is 14.7 Å². The maximum Gasteiger partial charge on any atom is 0.322 e. The summed E-state index contributed by atoms with van der Waals surface area (Å²) in [6.07, 6.45) is 2.94. The van der Waals surface area contributed by atoms with Crippen LogP contribution >= 0.6 is 11.8 Å². The summed E-state index contributed by atoms with van der Waals surface area (Å²) in [5.41, 5.74) is 4.96. The average Bonchev–Trinajstić information content (AvgIpc) is 3.31. The van der Waals surface area contributed by atoms with Gasteiger partial charge in [0.15, 0.2) is 0 Å². The highest BCUT2D eigenvalue weighted by molar-refractivity contribution is 7.98. The van der Waals surface area contributed by atoms with E-state index in [1.807, 2.05) is 65.6 Å². The zero-order chi connectivity index (χ0) is 23.9. The lowest BCUT2D eigenvalue weighted by molar-refractivity contribution is 0.209. The third kappa shape index (κ3) is 5.66. The fourth-order valence-electron chi connectivity index (χ4n) is 3.79. The summed E-state index contributed by atoms with van der Waals surface area (Å²) < 4.78 is 5.10. The van der Waals surface area contributed by atoms with Crippen molar-refractivity contribution in [2.75, 3.05) is 18.1 Å². The Hall–Kier alpha value is -3.58. The second-order valence-corrected chi connectivity index (χ2v) is 8.81. The quantitative estimate of drug-likeness (QED) is 0.283. The highest BCUT2D eigenvalue weighted by Gasteiger charge is 2.15. The number of urea groups is 1. The Labute approximate surface area is 204 Å². The molecule has 0 atom stereocenters. The van der Waals surface area contributed by atoms with E-state index in [1.165, 1.54) is 10.5 Å². The molecular weight excluding hydrogens is 444 g/mol. The fraction of sp³-hybridized carbons (Fsp3) is 0.222. The van der Waals surface area contributed by atoms with Crippen molar-refractivity contribution in [3.05, 3.63) is 84.3 Å². The Balaban J connectivity index is 1.46. The Morgan fingerprint density at radius 1 is 1.03 bits per heavy atom. The van der Waals surface area contributed by atoms with Gasteiger partial charge in [-0.25, -0.2) is 4.79 Å². The average molecular weight is 473 g/mol. The number of rotatable bonds is 8. The smallest absolute Gasteiger partial charge is 0.322 e. The Morgan fingerprint density at radius 2 is 1.82 bits per heavy atom. The second-order valence-electron chi connectivity index (χ2n) is 7.97. The summed E-state index contributed by atoms with van der Waals surface area (Å²) in [7, 11) is 0. The molecule has 2 amide bonds. The number of carbonyl (C=O) groups excluding carboxylic acids is 1. The van der Waals surface area contributed by atoms with Crippen LogP contribution in [-0.2, 0) is 6.54 Å². The van der Waals surface area contributed by atoms with Gasteiger partial charge in [0.05, 0.1) is 0 Å². The van der Waals surface area contributed by atoms with Gasteiger partial charge in [0, 0.05) is 36.2 Å². The molecule has 0 bridgehead atoms. The molecule has 0 aliphatic heterocycles. The van der Waals surface area contributed by atoms with Crippen LogP contribution in [0.15, 0.2) is 82.2 Å². The molecule has 174 valence electrons. The summed E-state index contributed by atoms with van der Waals surface area (Å²) in [6.45, 7) is 4.97. The number of anilines is 1.